The highest BCUT2D eigenvalue weighted by Gasteiger charge is 2.16. The highest BCUT2D eigenvalue weighted by molar-refractivity contribution is 5.46. The molecule has 0 radical (unpaired) electrons. The standard InChI is InChI=1S/C7H9F2N3O/c8-6(9)5-4(13)1-3(2-10)7(11)12-5/h1,6,13H,2,10H2,(H2,11,12). The molecule has 72 valence electrons. The summed E-state index contributed by atoms with van der Waals surface area (Å²) in [4.78, 5) is 3.34. The van der Waals surface area contributed by atoms with Crippen molar-refractivity contribution in [3.8, 4) is 5.75 Å². The lowest BCUT2D eigenvalue weighted by atomic mass is 10.2. The molecule has 0 saturated carbocycles. The van der Waals surface area contributed by atoms with Gasteiger partial charge in [0.25, 0.3) is 6.43 Å². The summed E-state index contributed by atoms with van der Waals surface area (Å²) in [7, 11) is 0. The van der Waals surface area contributed by atoms with E-state index < -0.39 is 17.9 Å². The largest absolute Gasteiger partial charge is 0.506 e. The monoisotopic (exact) mass is 189 g/mol. The van der Waals surface area contributed by atoms with E-state index in [9.17, 15) is 8.78 Å². The molecule has 1 heterocycles. The summed E-state index contributed by atoms with van der Waals surface area (Å²) in [5.41, 5.74) is 10.2. The molecule has 1 aromatic heterocycles. The zero-order chi connectivity index (χ0) is 10.0. The fourth-order valence-electron chi connectivity index (χ4n) is 0.896. The fraction of sp³-hybridized carbons (Fsp3) is 0.286. The molecule has 0 bridgehead atoms. The lowest BCUT2D eigenvalue weighted by Crippen LogP contribution is -2.05. The summed E-state index contributed by atoms with van der Waals surface area (Å²) >= 11 is 0. The lowest BCUT2D eigenvalue weighted by Gasteiger charge is -2.07. The van der Waals surface area contributed by atoms with E-state index >= 15 is 0 Å². The Balaban J connectivity index is 3.20. The van der Waals surface area contributed by atoms with Crippen molar-refractivity contribution in [2.24, 2.45) is 5.73 Å². The number of alkyl halides is 2. The Labute approximate surface area is 73.2 Å². The van der Waals surface area contributed by atoms with E-state index in [2.05, 4.69) is 4.98 Å². The zero-order valence-electron chi connectivity index (χ0n) is 6.67. The Morgan fingerprint density at radius 2 is 2.15 bits per heavy atom. The van der Waals surface area contributed by atoms with Crippen LogP contribution in [0.1, 0.15) is 17.7 Å². The molecule has 0 atom stereocenters. The van der Waals surface area contributed by atoms with Gasteiger partial charge in [-0.05, 0) is 6.07 Å². The molecule has 0 fully saturated rings. The number of nitrogen functional groups attached to an aromatic ring is 1. The predicted molar refractivity (Wildman–Crippen MR) is 43.2 cm³/mol. The Hall–Kier alpha value is -1.43. The van der Waals surface area contributed by atoms with Crippen LogP contribution >= 0.6 is 0 Å². The molecule has 0 aromatic carbocycles. The van der Waals surface area contributed by atoms with Crippen molar-refractivity contribution in [2.45, 2.75) is 13.0 Å². The highest BCUT2D eigenvalue weighted by Crippen LogP contribution is 2.28. The first-order valence-corrected chi connectivity index (χ1v) is 3.52. The molecule has 0 aliphatic rings. The maximum absolute atomic E-state index is 12.1. The van der Waals surface area contributed by atoms with Crippen LogP contribution in [0.25, 0.3) is 0 Å². The molecule has 0 aliphatic heterocycles. The average molecular weight is 189 g/mol. The average Bonchev–Trinajstić information content (AvgIpc) is 2.07. The van der Waals surface area contributed by atoms with Gasteiger partial charge in [0, 0.05) is 12.1 Å². The maximum Gasteiger partial charge on any atom is 0.284 e. The molecular weight excluding hydrogens is 180 g/mol. The summed E-state index contributed by atoms with van der Waals surface area (Å²) in [5, 5.41) is 9.06. The van der Waals surface area contributed by atoms with E-state index in [1.165, 1.54) is 0 Å². The third kappa shape index (κ3) is 1.83. The van der Waals surface area contributed by atoms with Crippen LogP contribution in [-0.2, 0) is 6.54 Å². The summed E-state index contributed by atoms with van der Waals surface area (Å²) in [6, 6.07) is 1.10. The molecule has 0 spiro atoms. The molecule has 6 heteroatoms. The quantitative estimate of drug-likeness (QED) is 0.641. The molecule has 1 aromatic rings. The van der Waals surface area contributed by atoms with Crippen LogP contribution in [0.3, 0.4) is 0 Å². The SMILES string of the molecule is NCc1cc(O)c(C(F)F)nc1N. The van der Waals surface area contributed by atoms with Crippen molar-refractivity contribution in [1.82, 2.24) is 4.98 Å². The molecule has 1 rings (SSSR count). The van der Waals surface area contributed by atoms with Crippen LogP contribution in [0, 0.1) is 0 Å². The maximum atomic E-state index is 12.1. The Bertz CT molecular complexity index is 317. The first-order valence-electron chi connectivity index (χ1n) is 3.52. The Morgan fingerprint density at radius 1 is 1.54 bits per heavy atom. The minimum atomic E-state index is -2.84. The smallest absolute Gasteiger partial charge is 0.284 e. The van der Waals surface area contributed by atoms with E-state index in [0.717, 1.165) is 6.07 Å². The van der Waals surface area contributed by atoms with Crippen LogP contribution < -0.4 is 11.5 Å². The number of anilines is 1. The predicted octanol–water partition coefficient (Wildman–Crippen LogP) is 0.766. The second kappa shape index (κ2) is 3.53. The molecule has 0 amide bonds. The van der Waals surface area contributed by atoms with Gasteiger partial charge in [-0.25, -0.2) is 13.8 Å². The fourth-order valence-corrected chi connectivity index (χ4v) is 0.896. The normalized spacial score (nSPS) is 10.8. The van der Waals surface area contributed by atoms with E-state index in [1.54, 1.807) is 0 Å². The van der Waals surface area contributed by atoms with E-state index in [-0.39, 0.29) is 12.4 Å². The third-order valence-corrected chi connectivity index (χ3v) is 1.57. The molecule has 0 unspecified atom stereocenters. The zero-order valence-corrected chi connectivity index (χ0v) is 6.67. The minimum absolute atomic E-state index is 0.0515. The van der Waals surface area contributed by atoms with Gasteiger partial charge in [0.2, 0.25) is 0 Å². The van der Waals surface area contributed by atoms with Crippen LogP contribution in [0.2, 0.25) is 0 Å². The van der Waals surface area contributed by atoms with Gasteiger partial charge in [-0.15, -0.1) is 0 Å². The summed E-state index contributed by atoms with van der Waals surface area (Å²) in [6.45, 7) is 0.0515. The first kappa shape index (κ1) is 9.66. The summed E-state index contributed by atoms with van der Waals surface area (Å²) in [6.07, 6.45) is -2.84. The number of pyridine rings is 1. The number of hydrogen-bond donors (Lipinski definition) is 3. The Kier molecular flexibility index (Phi) is 2.62. The molecule has 0 saturated heterocycles. The van der Waals surface area contributed by atoms with Crippen molar-refractivity contribution in [3.05, 3.63) is 17.3 Å². The van der Waals surface area contributed by atoms with Gasteiger partial charge >= 0.3 is 0 Å². The number of rotatable bonds is 2. The van der Waals surface area contributed by atoms with Gasteiger partial charge in [0.15, 0.2) is 5.69 Å². The van der Waals surface area contributed by atoms with Gasteiger partial charge in [-0.1, -0.05) is 0 Å². The van der Waals surface area contributed by atoms with Crippen LogP contribution in [-0.4, -0.2) is 10.1 Å². The topological polar surface area (TPSA) is 85.2 Å². The van der Waals surface area contributed by atoms with Gasteiger partial charge < -0.3 is 16.6 Å². The summed E-state index contributed by atoms with van der Waals surface area (Å²) < 4.78 is 24.3. The minimum Gasteiger partial charge on any atom is -0.506 e. The summed E-state index contributed by atoms with van der Waals surface area (Å²) in [5.74, 6) is -0.653. The van der Waals surface area contributed by atoms with Gasteiger partial charge in [-0.3, -0.25) is 0 Å². The van der Waals surface area contributed by atoms with Crippen molar-refractivity contribution in [1.29, 1.82) is 0 Å². The van der Waals surface area contributed by atoms with Gasteiger partial charge in [0.1, 0.15) is 11.6 Å². The van der Waals surface area contributed by atoms with Crippen LogP contribution in [0.5, 0.6) is 5.75 Å². The molecule has 0 aliphatic carbocycles. The highest BCUT2D eigenvalue weighted by atomic mass is 19.3. The second-order valence-corrected chi connectivity index (χ2v) is 2.44. The van der Waals surface area contributed by atoms with Gasteiger partial charge in [-0.2, -0.15) is 0 Å². The first-order chi connectivity index (χ1) is 6.06. The second-order valence-electron chi connectivity index (χ2n) is 2.44. The van der Waals surface area contributed by atoms with Crippen molar-refractivity contribution >= 4 is 5.82 Å². The number of aromatic hydroxyl groups is 1. The number of halogens is 2. The molecular formula is C7H9F2N3O. The number of nitrogens with zero attached hydrogens (tertiary/aromatic N) is 1. The number of hydrogen-bond acceptors (Lipinski definition) is 4. The number of aromatic nitrogens is 1. The number of nitrogens with two attached hydrogens (primary N) is 2. The molecule has 4 nitrogen and oxygen atoms in total. The van der Waals surface area contributed by atoms with Crippen molar-refractivity contribution < 1.29 is 13.9 Å². The third-order valence-electron chi connectivity index (χ3n) is 1.57. The van der Waals surface area contributed by atoms with Crippen LogP contribution in [0.4, 0.5) is 14.6 Å². The van der Waals surface area contributed by atoms with E-state index in [0.29, 0.717) is 5.56 Å². The van der Waals surface area contributed by atoms with E-state index in [4.69, 9.17) is 16.6 Å². The Morgan fingerprint density at radius 3 is 2.62 bits per heavy atom. The van der Waals surface area contributed by atoms with Gasteiger partial charge in [0.05, 0.1) is 0 Å². The molecule has 13 heavy (non-hydrogen) atoms. The van der Waals surface area contributed by atoms with Crippen molar-refractivity contribution in [3.63, 3.8) is 0 Å². The van der Waals surface area contributed by atoms with Crippen molar-refractivity contribution in [2.75, 3.05) is 5.73 Å². The molecule has 5 N–H and O–H groups in total. The lowest BCUT2D eigenvalue weighted by molar-refractivity contribution is 0.142. The van der Waals surface area contributed by atoms with Crippen LogP contribution in [0.15, 0.2) is 6.07 Å². The van der Waals surface area contributed by atoms with E-state index in [1.807, 2.05) is 0 Å².